The molecule has 2 fully saturated rings. The monoisotopic (exact) mass is 812 g/mol. The molecule has 0 heteroatoms. The van der Waals surface area contributed by atoms with E-state index in [1.54, 1.807) is 0 Å². The molecule has 1 spiro atoms. The van der Waals surface area contributed by atoms with Crippen LogP contribution in [0, 0.1) is 17.8 Å². The summed E-state index contributed by atoms with van der Waals surface area (Å²) in [4.78, 5) is 0. The highest BCUT2D eigenvalue weighted by molar-refractivity contribution is 6.00. The molecule has 0 bridgehead atoms. The minimum Gasteiger partial charge on any atom is -0.0805 e. The molecule has 0 aliphatic heterocycles. The van der Waals surface area contributed by atoms with Gasteiger partial charge in [0.05, 0.1) is 10.8 Å². The fourth-order valence-electron chi connectivity index (χ4n) is 14.2. The van der Waals surface area contributed by atoms with Crippen LogP contribution in [0.5, 0.6) is 0 Å². The summed E-state index contributed by atoms with van der Waals surface area (Å²) in [5.74, 6) is 2.57. The van der Waals surface area contributed by atoms with Gasteiger partial charge in [-0.25, -0.2) is 0 Å². The van der Waals surface area contributed by atoms with Gasteiger partial charge >= 0.3 is 0 Å². The van der Waals surface area contributed by atoms with Crippen molar-refractivity contribution in [2.75, 3.05) is 0 Å². The first-order valence-corrected chi connectivity index (χ1v) is 23.3. The van der Waals surface area contributed by atoms with Crippen molar-refractivity contribution in [2.24, 2.45) is 17.8 Å². The number of allylic oxidation sites excluding steroid dienone is 4. The molecule has 0 saturated heterocycles. The van der Waals surface area contributed by atoms with Crippen LogP contribution in [-0.4, -0.2) is 0 Å². The van der Waals surface area contributed by atoms with E-state index in [2.05, 4.69) is 231 Å². The molecule has 15 rings (SSSR count). The number of rotatable bonds is 5. The summed E-state index contributed by atoms with van der Waals surface area (Å²) in [7, 11) is 0. The van der Waals surface area contributed by atoms with Crippen molar-refractivity contribution in [3.8, 4) is 33.4 Å². The summed E-state index contributed by atoms with van der Waals surface area (Å²) in [6, 6.07) is 79.9. The summed E-state index contributed by atoms with van der Waals surface area (Å²) < 4.78 is 0. The smallest absolute Gasteiger partial charge is 0.0725 e. The van der Waals surface area contributed by atoms with Crippen LogP contribution in [0.3, 0.4) is 0 Å². The maximum Gasteiger partial charge on any atom is 0.0725 e. The molecule has 6 aliphatic rings. The van der Waals surface area contributed by atoms with E-state index in [9.17, 15) is 0 Å². The fourth-order valence-corrected chi connectivity index (χ4v) is 14.2. The third-order valence-corrected chi connectivity index (χ3v) is 16.7. The second kappa shape index (κ2) is 12.7. The molecule has 2 saturated carbocycles. The maximum absolute atomic E-state index is 2.68. The van der Waals surface area contributed by atoms with Gasteiger partial charge in [0.15, 0.2) is 0 Å². The minimum atomic E-state index is -0.400. The van der Waals surface area contributed by atoms with E-state index in [1.807, 2.05) is 0 Å². The number of benzene rings is 9. The van der Waals surface area contributed by atoms with Crippen LogP contribution in [0.1, 0.15) is 73.4 Å². The quantitative estimate of drug-likeness (QED) is 0.162. The third kappa shape index (κ3) is 4.39. The van der Waals surface area contributed by atoms with E-state index in [-0.39, 0.29) is 5.41 Å². The van der Waals surface area contributed by atoms with Gasteiger partial charge in [-0.3, -0.25) is 0 Å². The Balaban J connectivity index is 0.941. The molecule has 300 valence electrons. The first kappa shape index (κ1) is 35.2. The van der Waals surface area contributed by atoms with Crippen molar-refractivity contribution in [2.45, 2.75) is 28.6 Å². The van der Waals surface area contributed by atoms with E-state index in [4.69, 9.17) is 0 Å². The van der Waals surface area contributed by atoms with Gasteiger partial charge in [0.2, 0.25) is 0 Å². The number of hydrogen-bond donors (Lipinski definition) is 0. The van der Waals surface area contributed by atoms with E-state index in [1.165, 1.54) is 99.8 Å². The van der Waals surface area contributed by atoms with Gasteiger partial charge in [0.1, 0.15) is 0 Å². The second-order valence-corrected chi connectivity index (χ2v) is 19.4. The van der Waals surface area contributed by atoms with Crippen molar-refractivity contribution in [1.82, 2.24) is 0 Å². The Morgan fingerprint density at radius 3 is 1.39 bits per heavy atom. The van der Waals surface area contributed by atoms with Crippen LogP contribution in [0.15, 0.2) is 231 Å². The minimum absolute atomic E-state index is 0.233. The largest absolute Gasteiger partial charge is 0.0805 e. The average molecular weight is 813 g/mol. The van der Waals surface area contributed by atoms with Gasteiger partial charge in [0.25, 0.3) is 0 Å². The molecule has 0 amide bonds. The van der Waals surface area contributed by atoms with E-state index >= 15 is 0 Å². The Labute approximate surface area is 374 Å². The Kier molecular flexibility index (Phi) is 6.97. The van der Waals surface area contributed by atoms with E-state index in [0.717, 1.165) is 0 Å². The normalized spacial score (nSPS) is 24.9. The van der Waals surface area contributed by atoms with Gasteiger partial charge in [0, 0.05) is 0 Å². The lowest BCUT2D eigenvalue weighted by atomic mass is 9.67. The van der Waals surface area contributed by atoms with E-state index in [0.29, 0.717) is 35.5 Å². The molecule has 0 nitrogen and oxygen atoms in total. The molecule has 0 heterocycles. The van der Waals surface area contributed by atoms with Gasteiger partial charge in [-0.05, 0) is 147 Å². The summed E-state index contributed by atoms with van der Waals surface area (Å²) in [5.41, 5.74) is 21.9. The zero-order valence-electron chi connectivity index (χ0n) is 35.4. The molecule has 0 aromatic heterocycles. The number of hydrogen-bond acceptors (Lipinski definition) is 0. The summed E-state index contributed by atoms with van der Waals surface area (Å²) in [5, 5.41) is 2.59. The topological polar surface area (TPSA) is 0 Å². The zero-order chi connectivity index (χ0) is 41.7. The predicted molar refractivity (Wildman–Crippen MR) is 262 cm³/mol. The maximum atomic E-state index is 2.68. The van der Waals surface area contributed by atoms with Crippen molar-refractivity contribution in [3.05, 3.63) is 286 Å². The van der Waals surface area contributed by atoms with Crippen molar-refractivity contribution in [3.63, 3.8) is 0 Å². The molecule has 9 aromatic carbocycles. The molecule has 64 heavy (non-hydrogen) atoms. The van der Waals surface area contributed by atoms with Crippen LogP contribution in [-0.2, 0) is 10.8 Å². The summed E-state index contributed by atoms with van der Waals surface area (Å²) in [6.07, 6.45) is 9.52. The highest BCUT2D eigenvalue weighted by atomic mass is 14.7. The van der Waals surface area contributed by atoms with Crippen LogP contribution in [0.4, 0.5) is 0 Å². The molecule has 5 unspecified atom stereocenters. The first-order chi connectivity index (χ1) is 31.8. The zero-order valence-corrected chi connectivity index (χ0v) is 35.4. The Hall–Kier alpha value is -7.28. The van der Waals surface area contributed by atoms with Crippen molar-refractivity contribution >= 4 is 10.8 Å². The van der Waals surface area contributed by atoms with Crippen LogP contribution < -0.4 is 0 Å². The lowest BCUT2D eigenvalue weighted by molar-refractivity contribution is 0.516. The van der Waals surface area contributed by atoms with E-state index < -0.39 is 5.41 Å². The highest BCUT2D eigenvalue weighted by Gasteiger charge is 2.64. The van der Waals surface area contributed by atoms with Crippen LogP contribution in [0.25, 0.3) is 44.2 Å². The summed E-state index contributed by atoms with van der Waals surface area (Å²) in [6.45, 7) is 0. The van der Waals surface area contributed by atoms with Gasteiger partial charge in [-0.15, -0.1) is 0 Å². The Morgan fingerprint density at radius 2 is 0.750 bits per heavy atom. The SMILES string of the molecule is C1=CC2C(C=C1)C2C1(c2ccccc2)c2ccccc2-c2ccc([C@H]3C(c4ccccc4)C3c3ccc4c(c3)C3(c5ccccc5-c5ccccc53)c3cc5ccccc5cc3-4)cc21. The van der Waals surface area contributed by atoms with Crippen LogP contribution >= 0.6 is 0 Å². The Bertz CT molecular complexity index is 3430. The van der Waals surface area contributed by atoms with Crippen LogP contribution in [0.2, 0.25) is 0 Å². The van der Waals surface area contributed by atoms with Gasteiger partial charge in [-0.1, -0.05) is 218 Å². The molecule has 6 atom stereocenters. The summed E-state index contributed by atoms with van der Waals surface area (Å²) >= 11 is 0. The first-order valence-electron chi connectivity index (χ1n) is 23.3. The molecular weight excluding hydrogens is 769 g/mol. The molecule has 0 radical (unpaired) electrons. The highest BCUT2D eigenvalue weighted by Crippen LogP contribution is 2.72. The lowest BCUT2D eigenvalue weighted by Gasteiger charge is -2.34. The molecule has 0 N–H and O–H groups in total. The fraction of sp³-hybridized carbons (Fsp3) is 0.125. The van der Waals surface area contributed by atoms with Crippen molar-refractivity contribution in [1.29, 1.82) is 0 Å². The van der Waals surface area contributed by atoms with Crippen molar-refractivity contribution < 1.29 is 0 Å². The molecule has 6 aliphatic carbocycles. The average Bonchev–Trinajstić information content (AvgIpc) is 4.22. The Morgan fingerprint density at radius 1 is 0.297 bits per heavy atom. The van der Waals surface area contributed by atoms with Gasteiger partial charge < -0.3 is 0 Å². The number of fused-ring (bicyclic) bond motifs is 15. The van der Waals surface area contributed by atoms with Gasteiger partial charge in [-0.2, -0.15) is 0 Å². The third-order valence-electron chi connectivity index (χ3n) is 16.7. The second-order valence-electron chi connectivity index (χ2n) is 19.4. The standard InChI is InChI=1S/C64H44/c1-3-17-39(18-4-1)59-60(42-31-33-48-47-25-11-14-28-53(47)63(56(48)37-42,44-21-5-2-6-22-44)62-50-26-9-10-27-51(50)62)61(59)43-32-34-49-52-35-40-19-7-8-20-41(40)36-58(52)64(57(49)38-43)54-29-15-12-23-45(54)46-24-13-16-30-55(46)64/h1-38,50-51,59-62H/t50?,51?,59?,60-,61?,62?,63?/m0/s1. The lowest BCUT2D eigenvalue weighted by Crippen LogP contribution is -2.31. The predicted octanol–water partition coefficient (Wildman–Crippen LogP) is 15.2. The molecular formula is C64H44. The molecule has 9 aromatic rings.